The Hall–Kier alpha value is -3.13. The van der Waals surface area contributed by atoms with Crippen LogP contribution in [0.25, 0.3) is 0 Å². The zero-order chi connectivity index (χ0) is 20.6. The number of carbonyl (C=O) groups is 1. The van der Waals surface area contributed by atoms with Crippen molar-refractivity contribution in [1.29, 1.82) is 0 Å². The maximum absolute atomic E-state index is 12.4. The minimum Gasteiger partial charge on any atom is -0.497 e. The van der Waals surface area contributed by atoms with Gasteiger partial charge in [-0.25, -0.2) is 4.79 Å². The number of methoxy groups -OCH3 is 1. The molecule has 2 aromatic carbocycles. The average Bonchev–Trinajstić information content (AvgIpc) is 3.41. The Kier molecular flexibility index (Phi) is 4.78. The number of amides is 1. The Labute approximate surface area is 174 Å². The van der Waals surface area contributed by atoms with Gasteiger partial charge in [0, 0.05) is 5.69 Å². The van der Waals surface area contributed by atoms with E-state index in [0.717, 1.165) is 17.7 Å². The van der Waals surface area contributed by atoms with Crippen LogP contribution in [0, 0.1) is 0 Å². The molecule has 2 fully saturated rings. The molecule has 1 spiro atoms. The van der Waals surface area contributed by atoms with Crippen molar-refractivity contribution in [2.45, 2.75) is 43.2 Å². The molecule has 3 aliphatic rings. The molecule has 1 amide bonds. The van der Waals surface area contributed by atoms with Crippen molar-refractivity contribution < 1.29 is 19.0 Å². The zero-order valence-corrected chi connectivity index (χ0v) is 16.7. The van der Waals surface area contributed by atoms with Crippen molar-refractivity contribution in [3.63, 3.8) is 0 Å². The number of anilines is 1. The van der Waals surface area contributed by atoms with Crippen LogP contribution in [0.5, 0.6) is 5.75 Å². The topological polar surface area (TPSA) is 88.0 Å². The molecule has 8 nitrogen and oxygen atoms in total. The van der Waals surface area contributed by atoms with E-state index in [1.807, 2.05) is 59.6 Å². The lowest BCUT2D eigenvalue weighted by Gasteiger charge is -2.38. The largest absolute Gasteiger partial charge is 0.497 e. The molecule has 0 aromatic heterocycles. The third-order valence-corrected chi connectivity index (χ3v) is 6.01. The van der Waals surface area contributed by atoms with Crippen molar-refractivity contribution in [2.24, 2.45) is 10.3 Å². The maximum atomic E-state index is 12.4. The van der Waals surface area contributed by atoms with E-state index in [4.69, 9.17) is 14.2 Å². The molecule has 8 heteroatoms. The predicted octanol–water partition coefficient (Wildman–Crippen LogP) is 3.80. The summed E-state index contributed by atoms with van der Waals surface area (Å²) >= 11 is 0. The number of nitrogens with zero attached hydrogens (tertiary/aromatic N) is 3. The number of nitrogens with one attached hydrogen (secondary N) is 1. The Morgan fingerprint density at radius 3 is 2.70 bits per heavy atom. The molecule has 1 aliphatic carbocycles. The molecule has 4 unspecified atom stereocenters. The molecular formula is C22H24N4O4. The summed E-state index contributed by atoms with van der Waals surface area (Å²) in [6, 6.07) is 16.9. The first-order valence-electron chi connectivity index (χ1n) is 10.1. The lowest BCUT2D eigenvalue weighted by atomic mass is 9.79. The molecule has 2 heterocycles. The first-order valence-corrected chi connectivity index (χ1v) is 10.1. The van der Waals surface area contributed by atoms with Crippen LogP contribution in [0.2, 0.25) is 0 Å². The summed E-state index contributed by atoms with van der Waals surface area (Å²) in [6.45, 7) is 1.31. The maximum Gasteiger partial charge on any atom is 0.411 e. The fraction of sp³-hybridized carbons (Fsp3) is 0.409. The molecular weight excluding hydrogens is 384 g/mol. The lowest BCUT2D eigenvalue weighted by molar-refractivity contribution is 0.00630. The number of para-hydroxylation sites is 1. The first kappa shape index (κ1) is 18.9. The fourth-order valence-corrected chi connectivity index (χ4v) is 4.38. The predicted molar refractivity (Wildman–Crippen MR) is 109 cm³/mol. The van der Waals surface area contributed by atoms with Gasteiger partial charge < -0.3 is 14.2 Å². The third-order valence-electron chi connectivity index (χ3n) is 6.01. The van der Waals surface area contributed by atoms with Gasteiger partial charge in [-0.05, 0) is 42.7 Å². The number of hydrogen-bond acceptors (Lipinski definition) is 7. The summed E-state index contributed by atoms with van der Waals surface area (Å²) in [5, 5.41) is 13.7. The molecule has 156 valence electrons. The van der Waals surface area contributed by atoms with E-state index in [1.54, 1.807) is 7.11 Å². The molecule has 4 atom stereocenters. The highest BCUT2D eigenvalue weighted by Gasteiger charge is 2.63. The normalized spacial score (nSPS) is 28.8. The molecule has 0 radical (unpaired) electrons. The summed E-state index contributed by atoms with van der Waals surface area (Å²) in [7, 11) is 1.65. The monoisotopic (exact) mass is 408 g/mol. The van der Waals surface area contributed by atoms with E-state index in [1.165, 1.54) is 0 Å². The second kappa shape index (κ2) is 7.60. The van der Waals surface area contributed by atoms with Crippen LogP contribution in [0.15, 0.2) is 64.9 Å². The molecule has 1 saturated heterocycles. The first-order chi connectivity index (χ1) is 14.7. The van der Waals surface area contributed by atoms with E-state index < -0.39 is 6.09 Å². The van der Waals surface area contributed by atoms with Gasteiger partial charge in [-0.3, -0.25) is 10.3 Å². The van der Waals surface area contributed by atoms with Gasteiger partial charge in [0.15, 0.2) is 0 Å². The Bertz CT molecular complexity index is 930. The van der Waals surface area contributed by atoms with Crippen molar-refractivity contribution in [1.82, 2.24) is 5.01 Å². The number of fused-ring (bicyclic) bond motifs is 2. The van der Waals surface area contributed by atoms with Crippen LogP contribution >= 0.6 is 0 Å². The second-order valence-corrected chi connectivity index (χ2v) is 7.91. The number of epoxide rings is 1. The molecule has 30 heavy (non-hydrogen) atoms. The fourth-order valence-electron chi connectivity index (χ4n) is 4.38. The van der Waals surface area contributed by atoms with E-state index >= 15 is 0 Å². The average molecular weight is 408 g/mol. The molecule has 2 aliphatic heterocycles. The molecule has 2 aromatic rings. The van der Waals surface area contributed by atoms with Gasteiger partial charge in [-0.15, -0.1) is 0 Å². The highest BCUT2D eigenvalue weighted by atomic mass is 16.6. The smallest absolute Gasteiger partial charge is 0.411 e. The van der Waals surface area contributed by atoms with E-state index in [9.17, 15) is 4.79 Å². The lowest BCUT2D eigenvalue weighted by Crippen LogP contribution is -2.55. The van der Waals surface area contributed by atoms with Gasteiger partial charge in [0.1, 0.15) is 29.5 Å². The standard InChI is InChI=1S/C22H24N4O4/c1-28-17-9-7-15(8-10-17)13-26-20-19(24-25-26)18(11-12-22(20)14-29-22)30-21(27)23-16-5-3-2-4-6-16/h2-10,18-20H,11-14H2,1H3,(H,23,27). The number of rotatable bonds is 5. The Balaban J connectivity index is 1.27. The summed E-state index contributed by atoms with van der Waals surface area (Å²) in [4.78, 5) is 12.4. The molecule has 5 rings (SSSR count). The third kappa shape index (κ3) is 3.59. The van der Waals surface area contributed by atoms with Crippen molar-refractivity contribution >= 4 is 11.8 Å². The Morgan fingerprint density at radius 2 is 2.00 bits per heavy atom. The van der Waals surface area contributed by atoms with E-state index in [0.29, 0.717) is 25.3 Å². The quantitative estimate of drug-likeness (QED) is 0.761. The minimum atomic E-state index is -0.471. The van der Waals surface area contributed by atoms with Crippen LogP contribution in [0.4, 0.5) is 10.5 Å². The highest BCUT2D eigenvalue weighted by Crippen LogP contribution is 2.48. The zero-order valence-electron chi connectivity index (χ0n) is 16.7. The van der Waals surface area contributed by atoms with Crippen LogP contribution in [0.3, 0.4) is 0 Å². The highest BCUT2D eigenvalue weighted by molar-refractivity contribution is 5.84. The summed E-state index contributed by atoms with van der Waals surface area (Å²) in [5.74, 6) is 0.817. The molecule has 1 saturated carbocycles. The molecule has 1 N–H and O–H groups in total. The van der Waals surface area contributed by atoms with Crippen LogP contribution in [-0.2, 0) is 16.0 Å². The van der Waals surface area contributed by atoms with Gasteiger partial charge in [0.05, 0.1) is 20.3 Å². The van der Waals surface area contributed by atoms with Gasteiger partial charge in [0.25, 0.3) is 0 Å². The summed E-state index contributed by atoms with van der Waals surface area (Å²) < 4.78 is 16.9. The van der Waals surface area contributed by atoms with Gasteiger partial charge in [0.2, 0.25) is 0 Å². The van der Waals surface area contributed by atoms with Crippen LogP contribution < -0.4 is 10.1 Å². The summed E-state index contributed by atoms with van der Waals surface area (Å²) in [5.41, 5.74) is 1.57. The number of carbonyl (C=O) groups excluding carboxylic acids is 1. The van der Waals surface area contributed by atoms with Gasteiger partial charge >= 0.3 is 6.09 Å². The number of ether oxygens (including phenoxy) is 3. The van der Waals surface area contributed by atoms with Crippen LogP contribution in [0.1, 0.15) is 18.4 Å². The van der Waals surface area contributed by atoms with E-state index in [-0.39, 0.29) is 23.8 Å². The van der Waals surface area contributed by atoms with E-state index in [2.05, 4.69) is 15.7 Å². The van der Waals surface area contributed by atoms with Crippen LogP contribution in [-0.4, -0.2) is 48.6 Å². The van der Waals surface area contributed by atoms with Crippen molar-refractivity contribution in [3.05, 3.63) is 60.2 Å². The Morgan fingerprint density at radius 1 is 1.23 bits per heavy atom. The SMILES string of the molecule is COc1ccc(CN2N=NC3C(OC(=O)Nc4ccccc4)CCC4(CO4)C32)cc1. The second-order valence-electron chi connectivity index (χ2n) is 7.91. The summed E-state index contributed by atoms with van der Waals surface area (Å²) in [6.07, 6.45) is 0.722. The van der Waals surface area contributed by atoms with Crippen molar-refractivity contribution in [3.8, 4) is 5.75 Å². The molecule has 0 bridgehead atoms. The van der Waals surface area contributed by atoms with Crippen molar-refractivity contribution in [2.75, 3.05) is 19.0 Å². The number of hydrogen-bond donors (Lipinski definition) is 1. The van der Waals surface area contributed by atoms with Gasteiger partial charge in [-0.1, -0.05) is 35.6 Å². The number of benzene rings is 2. The minimum absolute atomic E-state index is 0.0390. The van der Waals surface area contributed by atoms with Gasteiger partial charge in [-0.2, -0.15) is 5.11 Å².